The summed E-state index contributed by atoms with van der Waals surface area (Å²) in [5, 5.41) is 13.3. The summed E-state index contributed by atoms with van der Waals surface area (Å²) in [7, 11) is 3.25. The molecule has 166 valence electrons. The molecule has 2 heterocycles. The lowest BCUT2D eigenvalue weighted by Crippen LogP contribution is -2.21. The Bertz CT molecular complexity index is 1180. The first-order valence-electron chi connectivity index (χ1n) is 9.44. The first kappa shape index (κ1) is 21.2. The zero-order valence-electron chi connectivity index (χ0n) is 17.1. The van der Waals surface area contributed by atoms with Crippen molar-refractivity contribution in [1.82, 2.24) is 14.9 Å². The quantitative estimate of drug-likeness (QED) is 0.604. The molecule has 0 unspecified atom stereocenters. The van der Waals surface area contributed by atoms with Crippen LogP contribution in [0.15, 0.2) is 61.1 Å². The number of ether oxygens (including phenoxy) is 2. The number of nitrogens with one attached hydrogen (secondary N) is 1. The number of hydrogen-bond donors (Lipinski definition) is 2. The number of alkyl halides is 3. The van der Waals surface area contributed by atoms with Crippen LogP contribution >= 0.6 is 0 Å². The number of rotatable bonds is 5. The highest BCUT2D eigenvalue weighted by atomic mass is 19.4. The first-order valence-corrected chi connectivity index (χ1v) is 9.44. The number of anilines is 1. The van der Waals surface area contributed by atoms with Gasteiger partial charge in [0, 0.05) is 48.7 Å². The van der Waals surface area contributed by atoms with Crippen molar-refractivity contribution in [2.24, 2.45) is 0 Å². The van der Waals surface area contributed by atoms with Crippen LogP contribution in [0, 0.1) is 0 Å². The molecule has 2 aromatic carbocycles. The van der Waals surface area contributed by atoms with Crippen molar-refractivity contribution in [3.8, 4) is 17.2 Å². The molecule has 3 aromatic rings. The lowest BCUT2D eigenvalue weighted by atomic mass is 10.1. The van der Waals surface area contributed by atoms with Crippen molar-refractivity contribution in [1.29, 1.82) is 0 Å². The average molecular weight is 444 g/mol. The number of fused-ring (bicyclic) bond motifs is 1. The molecule has 0 fully saturated rings. The van der Waals surface area contributed by atoms with Crippen LogP contribution in [0.5, 0.6) is 17.2 Å². The summed E-state index contributed by atoms with van der Waals surface area (Å²) in [6, 6.07) is 10.6. The normalized spacial score (nSPS) is 13.3. The highest BCUT2D eigenvalue weighted by molar-refractivity contribution is 5.84. The fourth-order valence-electron chi connectivity index (χ4n) is 3.28. The van der Waals surface area contributed by atoms with Crippen LogP contribution in [0.3, 0.4) is 0 Å². The largest absolute Gasteiger partial charge is 0.573 e. The standard InChI is InChI=1S/C22H19F3N4O3/c1-28(15-4-6-16(7-5-15)32-22(23,24)25)21-13-27-17(12-20-26-9-10-29(20)21)14-3-8-19(31-2)18(30)11-14/h3-13,27,30H,1-2H3. The maximum atomic E-state index is 12.4. The Morgan fingerprint density at radius 2 is 1.88 bits per heavy atom. The van der Waals surface area contributed by atoms with Gasteiger partial charge in [-0.1, -0.05) is 0 Å². The van der Waals surface area contributed by atoms with Crippen LogP contribution in [0.2, 0.25) is 0 Å². The molecule has 7 nitrogen and oxygen atoms in total. The number of halogens is 3. The van der Waals surface area contributed by atoms with E-state index in [1.165, 1.54) is 31.4 Å². The third kappa shape index (κ3) is 4.34. The molecule has 0 spiro atoms. The van der Waals surface area contributed by atoms with Gasteiger partial charge in [0.15, 0.2) is 11.5 Å². The Balaban J connectivity index is 1.63. The third-order valence-corrected chi connectivity index (χ3v) is 4.84. The molecule has 0 bridgehead atoms. The van der Waals surface area contributed by atoms with E-state index in [1.807, 2.05) is 10.6 Å². The minimum Gasteiger partial charge on any atom is -0.504 e. The summed E-state index contributed by atoms with van der Waals surface area (Å²) in [6.45, 7) is 0. The van der Waals surface area contributed by atoms with Crippen LogP contribution < -0.4 is 19.7 Å². The maximum absolute atomic E-state index is 12.4. The number of nitrogens with zero attached hydrogens (tertiary/aromatic N) is 3. The van der Waals surface area contributed by atoms with Crippen molar-refractivity contribution < 1.29 is 27.8 Å². The fourth-order valence-corrected chi connectivity index (χ4v) is 3.28. The number of methoxy groups -OCH3 is 1. The average Bonchev–Trinajstić information content (AvgIpc) is 3.12. The van der Waals surface area contributed by atoms with Crippen molar-refractivity contribution >= 4 is 23.3 Å². The van der Waals surface area contributed by atoms with Crippen molar-refractivity contribution in [3.05, 3.63) is 72.4 Å². The van der Waals surface area contributed by atoms with E-state index in [0.717, 1.165) is 0 Å². The molecule has 1 aromatic heterocycles. The molecule has 0 saturated carbocycles. The van der Waals surface area contributed by atoms with Gasteiger partial charge in [-0.15, -0.1) is 13.2 Å². The van der Waals surface area contributed by atoms with Crippen LogP contribution in [-0.2, 0) is 0 Å². The monoisotopic (exact) mass is 444 g/mol. The Morgan fingerprint density at radius 3 is 2.53 bits per heavy atom. The molecule has 0 radical (unpaired) electrons. The van der Waals surface area contributed by atoms with Gasteiger partial charge in [-0.2, -0.15) is 0 Å². The van der Waals surface area contributed by atoms with Crippen molar-refractivity contribution in [2.45, 2.75) is 6.36 Å². The smallest absolute Gasteiger partial charge is 0.504 e. The lowest BCUT2D eigenvalue weighted by molar-refractivity contribution is -0.274. The van der Waals surface area contributed by atoms with E-state index >= 15 is 0 Å². The number of phenols is 1. The number of phenolic OH excluding ortho intramolecular Hbond substituents is 1. The van der Waals surface area contributed by atoms with E-state index < -0.39 is 6.36 Å². The second-order valence-electron chi connectivity index (χ2n) is 6.85. The Hall–Kier alpha value is -4.08. The summed E-state index contributed by atoms with van der Waals surface area (Å²) in [6.07, 6.45) is 2.22. The molecule has 1 aliphatic heterocycles. The predicted octanol–water partition coefficient (Wildman–Crippen LogP) is 4.49. The summed E-state index contributed by atoms with van der Waals surface area (Å²) >= 11 is 0. The second kappa shape index (κ2) is 8.22. The topological polar surface area (TPSA) is 71.8 Å². The molecule has 1 aliphatic rings. The van der Waals surface area contributed by atoms with Gasteiger partial charge in [0.1, 0.15) is 17.4 Å². The minimum atomic E-state index is -4.75. The van der Waals surface area contributed by atoms with Crippen LogP contribution in [-0.4, -0.2) is 35.2 Å². The molecule has 0 aliphatic carbocycles. The van der Waals surface area contributed by atoms with Gasteiger partial charge in [0.25, 0.3) is 0 Å². The molecule has 32 heavy (non-hydrogen) atoms. The van der Waals surface area contributed by atoms with Crippen molar-refractivity contribution in [2.75, 3.05) is 19.1 Å². The number of aromatic nitrogens is 2. The zero-order chi connectivity index (χ0) is 22.9. The van der Waals surface area contributed by atoms with Gasteiger partial charge in [-0.25, -0.2) is 4.98 Å². The number of imidazole rings is 1. The van der Waals surface area contributed by atoms with E-state index in [-0.39, 0.29) is 11.5 Å². The summed E-state index contributed by atoms with van der Waals surface area (Å²) < 4.78 is 48.1. The van der Waals surface area contributed by atoms with Crippen LogP contribution in [0.25, 0.3) is 17.6 Å². The maximum Gasteiger partial charge on any atom is 0.573 e. The Morgan fingerprint density at radius 1 is 1.12 bits per heavy atom. The third-order valence-electron chi connectivity index (χ3n) is 4.84. The van der Waals surface area contributed by atoms with Gasteiger partial charge >= 0.3 is 6.36 Å². The molecule has 4 rings (SSSR count). The van der Waals surface area contributed by atoms with Gasteiger partial charge < -0.3 is 24.8 Å². The fraction of sp³-hybridized carbons (Fsp3) is 0.136. The van der Waals surface area contributed by atoms with Crippen molar-refractivity contribution in [3.63, 3.8) is 0 Å². The molecule has 0 atom stereocenters. The summed E-state index contributed by atoms with van der Waals surface area (Å²) in [5.41, 5.74) is 2.04. The SMILES string of the molecule is COc1ccc(C2=Cc3nccn3C(N(C)c3ccc(OC(F)(F)F)cc3)=CN2)cc1O. The van der Waals surface area contributed by atoms with Crippen LogP contribution in [0.1, 0.15) is 11.4 Å². The van der Waals surface area contributed by atoms with E-state index in [1.54, 1.807) is 48.7 Å². The lowest BCUT2D eigenvalue weighted by Gasteiger charge is -2.24. The van der Waals surface area contributed by atoms with Gasteiger partial charge in [0.05, 0.1) is 7.11 Å². The van der Waals surface area contributed by atoms with Gasteiger partial charge in [-0.3, -0.25) is 4.57 Å². The number of hydrogen-bond acceptors (Lipinski definition) is 6. The molecule has 10 heteroatoms. The van der Waals surface area contributed by atoms with Crippen LogP contribution in [0.4, 0.5) is 18.9 Å². The molecular weight excluding hydrogens is 425 g/mol. The molecule has 0 saturated heterocycles. The number of benzene rings is 2. The Labute approximate surface area is 181 Å². The minimum absolute atomic E-state index is 0.00257. The second-order valence-corrected chi connectivity index (χ2v) is 6.85. The summed E-state index contributed by atoms with van der Waals surface area (Å²) in [5.74, 6) is 1.36. The highest BCUT2D eigenvalue weighted by Gasteiger charge is 2.31. The highest BCUT2D eigenvalue weighted by Crippen LogP contribution is 2.32. The number of aromatic hydroxyl groups is 1. The van der Waals surface area contributed by atoms with E-state index in [0.29, 0.717) is 34.3 Å². The molecular formula is C22H19F3N4O3. The zero-order valence-corrected chi connectivity index (χ0v) is 17.1. The first-order chi connectivity index (χ1) is 15.2. The predicted molar refractivity (Wildman–Crippen MR) is 114 cm³/mol. The van der Waals surface area contributed by atoms with Gasteiger partial charge in [0.2, 0.25) is 0 Å². The van der Waals surface area contributed by atoms with E-state index in [9.17, 15) is 18.3 Å². The van der Waals surface area contributed by atoms with Gasteiger partial charge in [-0.05, 0) is 42.5 Å². The Kier molecular flexibility index (Phi) is 5.43. The van der Waals surface area contributed by atoms with E-state index in [2.05, 4.69) is 15.0 Å². The molecule has 0 amide bonds. The van der Waals surface area contributed by atoms with E-state index in [4.69, 9.17) is 4.74 Å². The summed E-state index contributed by atoms with van der Waals surface area (Å²) in [4.78, 5) is 6.17. The molecule has 2 N–H and O–H groups in total.